The van der Waals surface area contributed by atoms with Crippen molar-refractivity contribution in [1.82, 2.24) is 9.97 Å². The van der Waals surface area contributed by atoms with E-state index in [-0.39, 0.29) is 16.8 Å². The van der Waals surface area contributed by atoms with Gasteiger partial charge in [0.2, 0.25) is 0 Å². The van der Waals surface area contributed by atoms with Gasteiger partial charge in [-0.3, -0.25) is 4.79 Å². The molecule has 2 aromatic rings. The van der Waals surface area contributed by atoms with Crippen LogP contribution in [0.25, 0.3) is 11.0 Å². The maximum Gasteiger partial charge on any atom is 0.252 e. The second-order valence-electron chi connectivity index (χ2n) is 6.58. The Balaban J connectivity index is 2.11. The summed E-state index contributed by atoms with van der Waals surface area (Å²) < 4.78 is 0. The Kier molecular flexibility index (Phi) is 4.16. The van der Waals surface area contributed by atoms with Crippen LogP contribution in [0.3, 0.4) is 0 Å². The van der Waals surface area contributed by atoms with E-state index in [1.54, 1.807) is 12.1 Å². The van der Waals surface area contributed by atoms with Crippen molar-refractivity contribution in [3.8, 4) is 0 Å². The number of nitrogen functional groups attached to an aromatic ring is 1. The minimum atomic E-state index is -0.598. The zero-order valence-corrected chi connectivity index (χ0v) is 14.4. The number of amides is 1. The van der Waals surface area contributed by atoms with Crippen molar-refractivity contribution in [2.24, 2.45) is 10.9 Å². The number of primary amides is 1. The third-order valence-electron chi connectivity index (χ3n) is 4.49. The van der Waals surface area contributed by atoms with E-state index >= 15 is 0 Å². The Morgan fingerprint density at radius 3 is 2.84 bits per heavy atom. The van der Waals surface area contributed by atoms with Crippen LogP contribution < -0.4 is 11.5 Å². The largest absolute Gasteiger partial charge is 0.392 e. The zero-order chi connectivity index (χ0) is 18.2. The number of fused-ring (bicyclic) bond motifs is 2. The number of pyridine rings is 2. The lowest BCUT2D eigenvalue weighted by Gasteiger charge is -2.32. The highest BCUT2D eigenvalue weighted by Crippen LogP contribution is 2.35. The number of nitrogens with zero attached hydrogens (tertiary/aromatic N) is 3. The van der Waals surface area contributed by atoms with E-state index in [1.807, 2.05) is 6.07 Å². The molecule has 0 bridgehead atoms. The molecular formula is C18H21N5O2. The first-order chi connectivity index (χ1) is 11.8. The lowest BCUT2D eigenvalue weighted by molar-refractivity contribution is 0.100. The predicted octanol–water partition coefficient (Wildman–Crippen LogP) is 2.09. The SMILES string of the molecule is C=CCO/N=C1\CCc2cc3cc(C(N)=O)c(N)nc3nc2C1(C)C. The van der Waals surface area contributed by atoms with E-state index in [0.717, 1.165) is 35.2 Å². The van der Waals surface area contributed by atoms with E-state index in [1.165, 1.54) is 0 Å². The Bertz CT molecular complexity index is 902. The quantitative estimate of drug-likeness (QED) is 0.502. The van der Waals surface area contributed by atoms with Crippen molar-refractivity contribution in [2.45, 2.75) is 32.1 Å². The summed E-state index contributed by atoms with van der Waals surface area (Å²) in [5.74, 6) is -0.511. The number of hydrogen-bond acceptors (Lipinski definition) is 6. The molecule has 0 radical (unpaired) electrons. The molecule has 0 spiro atoms. The van der Waals surface area contributed by atoms with Gasteiger partial charge in [-0.25, -0.2) is 9.97 Å². The first-order valence-electron chi connectivity index (χ1n) is 8.05. The van der Waals surface area contributed by atoms with E-state index in [9.17, 15) is 4.79 Å². The number of nitrogens with two attached hydrogens (primary N) is 2. The van der Waals surface area contributed by atoms with Crippen molar-refractivity contribution >= 4 is 28.5 Å². The van der Waals surface area contributed by atoms with Gasteiger partial charge in [0.05, 0.1) is 17.0 Å². The first kappa shape index (κ1) is 16.9. The van der Waals surface area contributed by atoms with Crippen molar-refractivity contribution in [3.05, 3.63) is 41.6 Å². The molecule has 0 saturated carbocycles. The molecule has 2 aromatic heterocycles. The molecule has 0 fully saturated rings. The van der Waals surface area contributed by atoms with Gasteiger partial charge in [0.15, 0.2) is 5.65 Å². The highest BCUT2D eigenvalue weighted by molar-refractivity contribution is 6.01. The average molecular weight is 339 g/mol. The van der Waals surface area contributed by atoms with Crippen LogP contribution >= 0.6 is 0 Å². The van der Waals surface area contributed by atoms with Gasteiger partial charge in [-0.1, -0.05) is 17.8 Å². The highest BCUT2D eigenvalue weighted by Gasteiger charge is 2.36. The number of aromatic nitrogens is 2. The summed E-state index contributed by atoms with van der Waals surface area (Å²) in [6.45, 7) is 8.10. The van der Waals surface area contributed by atoms with Crippen molar-refractivity contribution < 1.29 is 9.63 Å². The average Bonchev–Trinajstić information content (AvgIpc) is 2.55. The van der Waals surface area contributed by atoms with Crippen LogP contribution in [0, 0.1) is 0 Å². The summed E-state index contributed by atoms with van der Waals surface area (Å²) in [6, 6.07) is 3.65. The molecule has 4 N–H and O–H groups in total. The summed E-state index contributed by atoms with van der Waals surface area (Å²) in [4.78, 5) is 25.7. The molecular weight excluding hydrogens is 318 g/mol. The van der Waals surface area contributed by atoms with Crippen LogP contribution in [0.4, 0.5) is 5.82 Å². The Hall–Kier alpha value is -2.96. The number of carbonyl (C=O) groups is 1. The van der Waals surface area contributed by atoms with Crippen LogP contribution in [0.2, 0.25) is 0 Å². The zero-order valence-electron chi connectivity index (χ0n) is 14.4. The van der Waals surface area contributed by atoms with Gasteiger partial charge < -0.3 is 16.3 Å². The normalized spacial score (nSPS) is 17.3. The molecule has 0 unspecified atom stereocenters. The van der Waals surface area contributed by atoms with Gasteiger partial charge in [0.25, 0.3) is 5.91 Å². The van der Waals surface area contributed by atoms with Crippen LogP contribution in [0.5, 0.6) is 0 Å². The maximum atomic E-state index is 11.5. The van der Waals surface area contributed by atoms with Gasteiger partial charge in [-0.2, -0.15) is 0 Å². The van der Waals surface area contributed by atoms with E-state index < -0.39 is 5.91 Å². The highest BCUT2D eigenvalue weighted by atomic mass is 16.6. The predicted molar refractivity (Wildman–Crippen MR) is 97.4 cm³/mol. The number of anilines is 1. The fourth-order valence-electron chi connectivity index (χ4n) is 3.12. The van der Waals surface area contributed by atoms with Gasteiger partial charge in [-0.05, 0) is 44.4 Å². The molecule has 1 aliphatic rings. The minimum Gasteiger partial charge on any atom is -0.392 e. The second kappa shape index (κ2) is 6.16. The van der Waals surface area contributed by atoms with Crippen molar-refractivity contribution in [1.29, 1.82) is 0 Å². The number of rotatable bonds is 4. The first-order valence-corrected chi connectivity index (χ1v) is 8.05. The molecule has 1 amide bonds. The maximum absolute atomic E-state index is 11.5. The molecule has 0 aliphatic heterocycles. The lowest BCUT2D eigenvalue weighted by Crippen LogP contribution is -2.36. The standard InChI is InChI=1S/C18H21N5O2/c1-4-7-25-23-13-6-5-10-8-11-9-12(16(20)24)15(19)22-17(11)21-14(10)18(13,2)3/h4,8-9H,1,5-7H2,2-3H3,(H2,20,24)(H2,19,21,22)/b23-13+. The van der Waals surface area contributed by atoms with E-state index in [4.69, 9.17) is 21.3 Å². The summed E-state index contributed by atoms with van der Waals surface area (Å²) in [5.41, 5.74) is 14.4. The summed E-state index contributed by atoms with van der Waals surface area (Å²) in [7, 11) is 0. The molecule has 25 heavy (non-hydrogen) atoms. The molecule has 0 aromatic carbocycles. The van der Waals surface area contributed by atoms with Gasteiger partial charge in [0.1, 0.15) is 12.4 Å². The van der Waals surface area contributed by atoms with Gasteiger partial charge >= 0.3 is 0 Å². The smallest absolute Gasteiger partial charge is 0.252 e. The number of aryl methyl sites for hydroxylation is 1. The Morgan fingerprint density at radius 1 is 1.40 bits per heavy atom. The molecule has 130 valence electrons. The minimum absolute atomic E-state index is 0.0873. The topological polar surface area (TPSA) is 116 Å². The molecule has 0 saturated heterocycles. The van der Waals surface area contributed by atoms with Crippen LogP contribution in [-0.4, -0.2) is 28.2 Å². The molecule has 0 atom stereocenters. The fourth-order valence-corrected chi connectivity index (χ4v) is 3.12. The van der Waals surface area contributed by atoms with Crippen LogP contribution in [0.15, 0.2) is 29.9 Å². The van der Waals surface area contributed by atoms with E-state index in [0.29, 0.717) is 12.3 Å². The van der Waals surface area contributed by atoms with E-state index in [2.05, 4.69) is 30.6 Å². The second-order valence-corrected chi connectivity index (χ2v) is 6.58. The number of carbonyl (C=O) groups excluding carboxylic acids is 1. The molecule has 2 heterocycles. The third kappa shape index (κ3) is 2.93. The Labute approximate surface area is 145 Å². The van der Waals surface area contributed by atoms with Crippen LogP contribution in [0.1, 0.15) is 41.9 Å². The third-order valence-corrected chi connectivity index (χ3v) is 4.49. The summed E-state index contributed by atoms with van der Waals surface area (Å²) >= 11 is 0. The molecule has 7 nitrogen and oxygen atoms in total. The summed E-state index contributed by atoms with van der Waals surface area (Å²) in [6.07, 6.45) is 3.21. The monoisotopic (exact) mass is 339 g/mol. The fraction of sp³-hybridized carbons (Fsp3) is 0.333. The number of oxime groups is 1. The van der Waals surface area contributed by atoms with Crippen molar-refractivity contribution in [3.63, 3.8) is 0 Å². The van der Waals surface area contributed by atoms with Gasteiger partial charge in [0, 0.05) is 10.8 Å². The summed E-state index contributed by atoms with van der Waals surface area (Å²) in [5, 5.41) is 5.01. The van der Waals surface area contributed by atoms with Gasteiger partial charge in [-0.15, -0.1) is 0 Å². The molecule has 3 rings (SSSR count). The lowest BCUT2D eigenvalue weighted by atomic mass is 9.74. The Morgan fingerprint density at radius 2 is 2.16 bits per heavy atom. The molecule has 7 heteroatoms. The van der Waals surface area contributed by atoms with Crippen LogP contribution in [-0.2, 0) is 16.7 Å². The molecule has 1 aliphatic carbocycles. The van der Waals surface area contributed by atoms with Crippen molar-refractivity contribution in [2.75, 3.05) is 12.3 Å². The number of hydrogen-bond donors (Lipinski definition) is 2.